The van der Waals surface area contributed by atoms with Crippen molar-refractivity contribution in [3.05, 3.63) is 94.6 Å². The molecule has 0 aliphatic rings. The van der Waals surface area contributed by atoms with Gasteiger partial charge in [0.05, 0.1) is 17.4 Å². The largest absolute Gasteiger partial charge is 0.481 e. The van der Waals surface area contributed by atoms with Gasteiger partial charge in [-0.2, -0.15) is 0 Å². The third kappa shape index (κ3) is 3.50. The number of aliphatic carboxylic acids is 1. The summed E-state index contributed by atoms with van der Waals surface area (Å²) in [5, 5.41) is 9.50. The van der Waals surface area contributed by atoms with Gasteiger partial charge in [-0.15, -0.1) is 0 Å². The summed E-state index contributed by atoms with van der Waals surface area (Å²) in [6.45, 7) is 0. The highest BCUT2D eigenvalue weighted by atomic mass is 16.5. The quantitative estimate of drug-likeness (QED) is 0.540. The molecule has 1 heterocycles. The van der Waals surface area contributed by atoms with E-state index in [2.05, 4.69) is 0 Å². The van der Waals surface area contributed by atoms with Crippen molar-refractivity contribution < 1.29 is 19.1 Å². The molecular weight excluding hydrogens is 356 g/mol. The normalized spacial score (nSPS) is 10.7. The molecule has 0 unspecified atom stereocenters. The van der Waals surface area contributed by atoms with E-state index >= 15 is 0 Å². The molecule has 0 atom stereocenters. The number of para-hydroxylation sites is 3. The Morgan fingerprint density at radius 1 is 0.929 bits per heavy atom. The van der Waals surface area contributed by atoms with Crippen LogP contribution in [0.4, 0.5) is 0 Å². The van der Waals surface area contributed by atoms with Gasteiger partial charge >= 0.3 is 5.97 Å². The Morgan fingerprint density at radius 3 is 2.46 bits per heavy atom. The van der Waals surface area contributed by atoms with Crippen molar-refractivity contribution in [3.8, 4) is 22.8 Å². The predicted octanol–water partition coefficient (Wildman–Crippen LogP) is 4.88. The molecule has 138 valence electrons. The first-order valence-electron chi connectivity index (χ1n) is 8.71. The molecule has 28 heavy (non-hydrogen) atoms. The van der Waals surface area contributed by atoms with E-state index in [1.807, 2.05) is 42.5 Å². The number of fused-ring (bicyclic) bond motifs is 1. The second-order valence-electron chi connectivity index (χ2n) is 6.25. The minimum atomic E-state index is -0.992. The molecule has 0 aliphatic carbocycles. The average Bonchev–Trinajstić information content (AvgIpc) is 2.69. The van der Waals surface area contributed by atoms with Gasteiger partial charge in [0.2, 0.25) is 0 Å². The Morgan fingerprint density at radius 2 is 1.68 bits per heavy atom. The lowest BCUT2D eigenvalue weighted by Gasteiger charge is -2.12. The average molecular weight is 372 g/mol. The molecule has 0 aliphatic heterocycles. The van der Waals surface area contributed by atoms with E-state index in [4.69, 9.17) is 14.3 Å². The number of hydrogen-bond donors (Lipinski definition) is 1. The van der Waals surface area contributed by atoms with Gasteiger partial charge in [0.15, 0.2) is 5.43 Å². The Labute approximate surface area is 160 Å². The molecule has 1 aromatic heterocycles. The molecule has 5 nitrogen and oxygen atoms in total. The lowest BCUT2D eigenvalue weighted by atomic mass is 10.1. The number of carboxylic acid groups (broad SMARTS) is 1. The number of ether oxygens (including phenoxy) is 1. The van der Waals surface area contributed by atoms with Crippen molar-refractivity contribution in [2.24, 2.45) is 0 Å². The van der Waals surface area contributed by atoms with E-state index in [9.17, 15) is 9.59 Å². The zero-order valence-electron chi connectivity index (χ0n) is 14.8. The lowest BCUT2D eigenvalue weighted by Crippen LogP contribution is -2.05. The second kappa shape index (κ2) is 7.40. The SMILES string of the molecule is O=C(O)Cc1cccc2c(=O)cc(-c3ccccc3Oc3ccccc3)oc12. The number of carboxylic acids is 1. The second-order valence-corrected chi connectivity index (χ2v) is 6.25. The van der Waals surface area contributed by atoms with Crippen LogP contribution in [0.15, 0.2) is 88.1 Å². The lowest BCUT2D eigenvalue weighted by molar-refractivity contribution is -0.136. The molecular formula is C23H16O5. The first-order valence-corrected chi connectivity index (χ1v) is 8.71. The molecule has 4 aromatic rings. The molecule has 0 saturated heterocycles. The van der Waals surface area contributed by atoms with E-state index in [1.54, 1.807) is 30.3 Å². The number of benzene rings is 3. The summed E-state index contributed by atoms with van der Waals surface area (Å²) in [4.78, 5) is 23.8. The van der Waals surface area contributed by atoms with Crippen LogP contribution in [0.1, 0.15) is 5.56 Å². The molecule has 3 aromatic carbocycles. The highest BCUT2D eigenvalue weighted by Crippen LogP contribution is 2.34. The van der Waals surface area contributed by atoms with Gasteiger partial charge in [-0.25, -0.2) is 0 Å². The van der Waals surface area contributed by atoms with E-state index in [0.29, 0.717) is 33.8 Å². The van der Waals surface area contributed by atoms with Gasteiger partial charge in [-0.3, -0.25) is 9.59 Å². The maximum absolute atomic E-state index is 12.6. The smallest absolute Gasteiger partial charge is 0.307 e. The van der Waals surface area contributed by atoms with E-state index < -0.39 is 5.97 Å². The molecule has 4 rings (SSSR count). The van der Waals surface area contributed by atoms with E-state index in [-0.39, 0.29) is 17.4 Å². The summed E-state index contributed by atoms with van der Waals surface area (Å²) in [5.41, 5.74) is 1.10. The standard InChI is InChI=1S/C23H16O5/c24-19-14-21(28-23-15(13-22(25)26)7-6-11-17(19)23)18-10-4-5-12-20(18)27-16-8-2-1-3-9-16/h1-12,14H,13H2,(H,25,26). The fourth-order valence-electron chi connectivity index (χ4n) is 3.05. The maximum Gasteiger partial charge on any atom is 0.307 e. The van der Waals surface area contributed by atoms with Gasteiger partial charge in [0.25, 0.3) is 0 Å². The van der Waals surface area contributed by atoms with Gasteiger partial charge in [0, 0.05) is 11.6 Å². The molecule has 0 amide bonds. The van der Waals surface area contributed by atoms with Crippen LogP contribution >= 0.6 is 0 Å². The van der Waals surface area contributed by atoms with Crippen LogP contribution in [0.2, 0.25) is 0 Å². The fraction of sp³-hybridized carbons (Fsp3) is 0.0435. The van der Waals surface area contributed by atoms with Crippen LogP contribution in [0, 0.1) is 0 Å². The Balaban J connectivity index is 1.86. The van der Waals surface area contributed by atoms with Crippen molar-refractivity contribution in [2.45, 2.75) is 6.42 Å². The minimum absolute atomic E-state index is 0.230. The topological polar surface area (TPSA) is 76.7 Å². The van der Waals surface area contributed by atoms with Crippen molar-refractivity contribution in [2.75, 3.05) is 0 Å². The number of carbonyl (C=O) groups is 1. The molecule has 0 fully saturated rings. The first-order chi connectivity index (χ1) is 13.6. The summed E-state index contributed by atoms with van der Waals surface area (Å²) in [6, 6.07) is 22.9. The summed E-state index contributed by atoms with van der Waals surface area (Å²) < 4.78 is 12.0. The van der Waals surface area contributed by atoms with Crippen molar-refractivity contribution in [1.82, 2.24) is 0 Å². The zero-order chi connectivity index (χ0) is 19.5. The molecule has 0 saturated carbocycles. The summed E-state index contributed by atoms with van der Waals surface area (Å²) >= 11 is 0. The summed E-state index contributed by atoms with van der Waals surface area (Å²) in [6.07, 6.45) is -0.230. The van der Waals surface area contributed by atoms with Gasteiger partial charge < -0.3 is 14.3 Å². The van der Waals surface area contributed by atoms with E-state index in [1.165, 1.54) is 6.07 Å². The first kappa shape index (κ1) is 17.5. The predicted molar refractivity (Wildman–Crippen MR) is 106 cm³/mol. The van der Waals surface area contributed by atoms with Crippen LogP contribution in [0.3, 0.4) is 0 Å². The van der Waals surface area contributed by atoms with E-state index in [0.717, 1.165) is 0 Å². The Kier molecular flexibility index (Phi) is 4.64. The van der Waals surface area contributed by atoms with Gasteiger partial charge in [-0.05, 0) is 30.3 Å². The van der Waals surface area contributed by atoms with Crippen LogP contribution in [-0.2, 0) is 11.2 Å². The third-order valence-electron chi connectivity index (χ3n) is 4.30. The Hall–Kier alpha value is -3.86. The van der Waals surface area contributed by atoms with Gasteiger partial charge in [-0.1, -0.05) is 42.5 Å². The maximum atomic E-state index is 12.6. The summed E-state index contributed by atoms with van der Waals surface area (Å²) in [5.74, 6) is 0.520. The zero-order valence-corrected chi connectivity index (χ0v) is 14.8. The molecule has 0 bridgehead atoms. The minimum Gasteiger partial charge on any atom is -0.481 e. The molecule has 0 radical (unpaired) electrons. The number of rotatable bonds is 5. The van der Waals surface area contributed by atoms with Gasteiger partial charge in [0.1, 0.15) is 22.8 Å². The Bertz CT molecular complexity index is 1210. The van der Waals surface area contributed by atoms with Crippen LogP contribution in [0.25, 0.3) is 22.3 Å². The number of hydrogen-bond acceptors (Lipinski definition) is 4. The van der Waals surface area contributed by atoms with Crippen LogP contribution in [-0.4, -0.2) is 11.1 Å². The van der Waals surface area contributed by atoms with Crippen molar-refractivity contribution >= 4 is 16.9 Å². The van der Waals surface area contributed by atoms with Crippen LogP contribution < -0.4 is 10.2 Å². The highest BCUT2D eigenvalue weighted by molar-refractivity contribution is 5.85. The highest BCUT2D eigenvalue weighted by Gasteiger charge is 2.15. The van der Waals surface area contributed by atoms with Crippen molar-refractivity contribution in [3.63, 3.8) is 0 Å². The third-order valence-corrected chi connectivity index (χ3v) is 4.30. The molecule has 1 N–H and O–H groups in total. The fourth-order valence-corrected chi connectivity index (χ4v) is 3.05. The molecule has 5 heteroatoms. The summed E-state index contributed by atoms with van der Waals surface area (Å²) in [7, 11) is 0. The van der Waals surface area contributed by atoms with Crippen molar-refractivity contribution in [1.29, 1.82) is 0 Å². The van der Waals surface area contributed by atoms with Crippen LogP contribution in [0.5, 0.6) is 11.5 Å². The monoisotopic (exact) mass is 372 g/mol. The molecule has 0 spiro atoms.